The summed E-state index contributed by atoms with van der Waals surface area (Å²) in [7, 11) is 0. The van der Waals surface area contributed by atoms with Gasteiger partial charge < -0.3 is 14.6 Å². The van der Waals surface area contributed by atoms with Gasteiger partial charge in [-0.15, -0.1) is 0 Å². The number of cyclic esters (lactones) is 1. The molecule has 2 heterocycles. The lowest BCUT2D eigenvalue weighted by Gasteiger charge is -2.23. The number of hydrogen-bond donors (Lipinski definition) is 1. The highest BCUT2D eigenvalue weighted by Gasteiger charge is 2.31. The van der Waals surface area contributed by atoms with Gasteiger partial charge in [0.2, 0.25) is 0 Å². The molecule has 1 N–H and O–H groups in total. The number of hydrogen-bond acceptors (Lipinski definition) is 5. The molecular formula is C14H11ClN2O4. The second kappa shape index (κ2) is 5.21. The summed E-state index contributed by atoms with van der Waals surface area (Å²) in [6.07, 6.45) is -0.607. The molecular weight excluding hydrogens is 296 g/mol. The topological polar surface area (TPSA) is 81.4 Å². The fraction of sp³-hybridized carbons (Fsp3) is 0.214. The average Bonchev–Trinajstić information content (AvgIpc) is 2.84. The van der Waals surface area contributed by atoms with Gasteiger partial charge in [0, 0.05) is 17.5 Å². The second-order valence-electron chi connectivity index (χ2n) is 4.71. The molecule has 1 aromatic carbocycles. The first-order valence-electron chi connectivity index (χ1n) is 6.26. The number of rotatable bonds is 2. The number of nitrogens with zero attached hydrogens (tertiary/aromatic N) is 1. The summed E-state index contributed by atoms with van der Waals surface area (Å²) in [4.78, 5) is 24.0. The summed E-state index contributed by atoms with van der Waals surface area (Å²) < 4.78 is 10.00. The van der Waals surface area contributed by atoms with Gasteiger partial charge >= 0.3 is 5.97 Å². The number of carbonyl (C=O) groups excluding carboxylic acids is 2. The Balaban J connectivity index is 1.77. The van der Waals surface area contributed by atoms with Gasteiger partial charge in [-0.05, 0) is 24.6 Å². The van der Waals surface area contributed by atoms with E-state index in [0.717, 1.165) is 5.56 Å². The maximum absolute atomic E-state index is 12.1. The Morgan fingerprint density at radius 1 is 1.43 bits per heavy atom. The van der Waals surface area contributed by atoms with Gasteiger partial charge in [0.25, 0.3) is 5.91 Å². The molecule has 7 heteroatoms. The lowest BCUT2D eigenvalue weighted by Crippen LogP contribution is -2.38. The molecule has 1 aliphatic rings. The van der Waals surface area contributed by atoms with Gasteiger partial charge in [0.1, 0.15) is 5.76 Å². The van der Waals surface area contributed by atoms with Crippen molar-refractivity contribution in [2.24, 2.45) is 0 Å². The Kier molecular flexibility index (Phi) is 3.39. The third-order valence-electron chi connectivity index (χ3n) is 3.12. The van der Waals surface area contributed by atoms with Crippen molar-refractivity contribution in [2.45, 2.75) is 19.4 Å². The molecule has 0 saturated carbocycles. The first-order chi connectivity index (χ1) is 10.0. The van der Waals surface area contributed by atoms with E-state index in [1.807, 2.05) is 0 Å². The first-order valence-corrected chi connectivity index (χ1v) is 6.64. The highest BCUT2D eigenvalue weighted by molar-refractivity contribution is 6.31. The second-order valence-corrected chi connectivity index (χ2v) is 5.15. The van der Waals surface area contributed by atoms with Crippen molar-refractivity contribution >= 4 is 29.3 Å². The predicted molar refractivity (Wildman–Crippen MR) is 74.2 cm³/mol. The van der Waals surface area contributed by atoms with Crippen LogP contribution in [0.3, 0.4) is 0 Å². The number of ether oxygens (including phenoxy) is 1. The minimum atomic E-state index is -0.900. The van der Waals surface area contributed by atoms with Gasteiger partial charge in [-0.1, -0.05) is 22.8 Å². The minimum absolute atomic E-state index is 0.287. The molecule has 1 aliphatic heterocycles. The number of aromatic nitrogens is 1. The molecule has 0 spiro atoms. The molecule has 21 heavy (non-hydrogen) atoms. The smallest absolute Gasteiger partial charge is 0.339 e. The van der Waals surface area contributed by atoms with Gasteiger partial charge in [0.05, 0.1) is 5.56 Å². The lowest BCUT2D eigenvalue weighted by atomic mass is 9.98. The fourth-order valence-corrected chi connectivity index (χ4v) is 2.30. The molecule has 0 aliphatic carbocycles. The molecule has 2 aromatic rings. The van der Waals surface area contributed by atoms with Crippen LogP contribution >= 0.6 is 11.6 Å². The first kappa shape index (κ1) is 13.6. The zero-order valence-corrected chi connectivity index (χ0v) is 11.8. The molecule has 0 bridgehead atoms. The molecule has 0 fully saturated rings. The third-order valence-corrected chi connectivity index (χ3v) is 3.35. The standard InChI is InChI=1S/C14H11ClN2O4/c1-7-4-12(17-21-7)16-13(18)11-5-8-2-3-9(15)6-10(8)14(19)20-11/h2-4,6,11H,5H2,1H3,(H,16,17,18). The van der Waals surface area contributed by atoms with E-state index in [1.165, 1.54) is 6.07 Å². The van der Waals surface area contributed by atoms with E-state index in [1.54, 1.807) is 25.1 Å². The molecule has 1 aromatic heterocycles. The number of amides is 1. The summed E-state index contributed by atoms with van der Waals surface area (Å²) in [5, 5.41) is 6.66. The third kappa shape index (κ3) is 2.75. The Morgan fingerprint density at radius 3 is 2.95 bits per heavy atom. The van der Waals surface area contributed by atoms with E-state index < -0.39 is 18.0 Å². The zero-order valence-electron chi connectivity index (χ0n) is 11.1. The van der Waals surface area contributed by atoms with Crippen molar-refractivity contribution in [3.05, 3.63) is 46.2 Å². The van der Waals surface area contributed by atoms with Crippen LogP contribution < -0.4 is 5.32 Å². The summed E-state index contributed by atoms with van der Waals surface area (Å²) in [6.45, 7) is 1.71. The van der Waals surface area contributed by atoms with Crippen molar-refractivity contribution < 1.29 is 18.8 Å². The summed E-state index contributed by atoms with van der Waals surface area (Å²) in [5.41, 5.74) is 1.12. The van der Waals surface area contributed by atoms with Gasteiger partial charge in [-0.25, -0.2) is 4.79 Å². The monoisotopic (exact) mass is 306 g/mol. The number of nitrogens with one attached hydrogen (secondary N) is 1. The number of aryl methyl sites for hydroxylation is 1. The van der Waals surface area contributed by atoms with Crippen molar-refractivity contribution in [2.75, 3.05) is 5.32 Å². The Hall–Kier alpha value is -2.34. The van der Waals surface area contributed by atoms with E-state index >= 15 is 0 Å². The van der Waals surface area contributed by atoms with Crippen LogP contribution in [-0.2, 0) is 16.0 Å². The summed E-state index contributed by atoms with van der Waals surface area (Å²) in [5.74, 6) is -0.145. The van der Waals surface area contributed by atoms with Gasteiger partial charge in [-0.3, -0.25) is 4.79 Å². The molecule has 0 saturated heterocycles. The van der Waals surface area contributed by atoms with Crippen LogP contribution in [0.25, 0.3) is 0 Å². The number of carbonyl (C=O) groups is 2. The predicted octanol–water partition coefficient (Wildman–Crippen LogP) is 2.36. The summed E-state index contributed by atoms with van der Waals surface area (Å²) in [6, 6.07) is 6.51. The molecule has 108 valence electrons. The molecule has 6 nitrogen and oxygen atoms in total. The van der Waals surface area contributed by atoms with Crippen LogP contribution in [0.1, 0.15) is 21.7 Å². The fourth-order valence-electron chi connectivity index (χ4n) is 2.13. The van der Waals surface area contributed by atoms with Crippen LogP contribution in [0.4, 0.5) is 5.82 Å². The molecule has 1 atom stereocenters. The number of benzene rings is 1. The Morgan fingerprint density at radius 2 is 2.24 bits per heavy atom. The highest BCUT2D eigenvalue weighted by Crippen LogP contribution is 2.24. The van der Waals surface area contributed by atoms with E-state index in [9.17, 15) is 9.59 Å². The number of halogens is 1. The highest BCUT2D eigenvalue weighted by atomic mass is 35.5. The van der Waals surface area contributed by atoms with Crippen molar-refractivity contribution in [3.63, 3.8) is 0 Å². The van der Waals surface area contributed by atoms with Crippen molar-refractivity contribution in [1.29, 1.82) is 0 Å². The largest absolute Gasteiger partial charge is 0.448 e. The van der Waals surface area contributed by atoms with E-state index in [2.05, 4.69) is 10.5 Å². The number of anilines is 1. The van der Waals surface area contributed by atoms with Crippen molar-refractivity contribution in [1.82, 2.24) is 5.16 Å². The lowest BCUT2D eigenvalue weighted by molar-refractivity contribution is -0.125. The normalized spacial score (nSPS) is 17.0. The SMILES string of the molecule is Cc1cc(NC(=O)C2Cc3ccc(Cl)cc3C(=O)O2)no1. The van der Waals surface area contributed by atoms with E-state index in [-0.39, 0.29) is 5.82 Å². The maximum Gasteiger partial charge on any atom is 0.339 e. The molecule has 3 rings (SSSR count). The Bertz CT molecular complexity index is 726. The van der Waals surface area contributed by atoms with Crippen LogP contribution in [0, 0.1) is 6.92 Å². The van der Waals surface area contributed by atoms with Gasteiger partial charge in [-0.2, -0.15) is 0 Å². The zero-order chi connectivity index (χ0) is 15.0. The quantitative estimate of drug-likeness (QED) is 0.861. The summed E-state index contributed by atoms with van der Waals surface area (Å²) >= 11 is 5.84. The van der Waals surface area contributed by atoms with Crippen LogP contribution in [-0.4, -0.2) is 23.1 Å². The number of fused-ring (bicyclic) bond motifs is 1. The Labute approximate surface area is 125 Å². The van der Waals surface area contributed by atoms with Gasteiger partial charge in [0.15, 0.2) is 11.9 Å². The maximum atomic E-state index is 12.1. The van der Waals surface area contributed by atoms with Crippen LogP contribution in [0.2, 0.25) is 5.02 Å². The average molecular weight is 307 g/mol. The molecule has 1 unspecified atom stereocenters. The van der Waals surface area contributed by atoms with Crippen molar-refractivity contribution in [3.8, 4) is 0 Å². The number of esters is 1. The van der Waals surface area contributed by atoms with Crippen LogP contribution in [0.15, 0.2) is 28.8 Å². The van der Waals surface area contributed by atoms with E-state index in [4.69, 9.17) is 20.9 Å². The molecule has 0 radical (unpaired) electrons. The minimum Gasteiger partial charge on any atom is -0.448 e. The van der Waals surface area contributed by atoms with Crippen LogP contribution in [0.5, 0.6) is 0 Å². The van der Waals surface area contributed by atoms with E-state index in [0.29, 0.717) is 22.8 Å². The molecule has 1 amide bonds.